The van der Waals surface area contributed by atoms with Gasteiger partial charge in [-0.1, -0.05) is 6.42 Å². The third-order valence-electron chi connectivity index (χ3n) is 5.52. The van der Waals surface area contributed by atoms with Crippen molar-refractivity contribution < 1.29 is 0 Å². The molecule has 1 heterocycles. The Bertz CT molecular complexity index is 441. The second kappa shape index (κ2) is 5.86. The number of nitrogens with two attached hydrogens (primary N) is 1. The number of hydrogen-bond acceptors (Lipinski definition) is 3. The molecule has 2 N–H and O–H groups in total. The van der Waals surface area contributed by atoms with E-state index in [-0.39, 0.29) is 0 Å². The summed E-state index contributed by atoms with van der Waals surface area (Å²) in [5.74, 6) is 2.91. The maximum absolute atomic E-state index is 6.03. The van der Waals surface area contributed by atoms with Gasteiger partial charge in [0.25, 0.3) is 0 Å². The van der Waals surface area contributed by atoms with Gasteiger partial charge in [-0.3, -0.25) is 9.58 Å². The topological polar surface area (TPSA) is 47.1 Å². The molecule has 3 rings (SSSR count). The van der Waals surface area contributed by atoms with Crippen LogP contribution in [0.25, 0.3) is 0 Å². The van der Waals surface area contributed by atoms with Crippen LogP contribution in [0.3, 0.4) is 0 Å². The zero-order valence-corrected chi connectivity index (χ0v) is 12.8. The van der Waals surface area contributed by atoms with Gasteiger partial charge in [0, 0.05) is 37.4 Å². The number of aromatic nitrogens is 2. The maximum Gasteiger partial charge on any atom is 0.0538 e. The lowest BCUT2D eigenvalue weighted by molar-refractivity contribution is 0.176. The summed E-state index contributed by atoms with van der Waals surface area (Å²) in [5.41, 5.74) is 7.29. The molecule has 2 bridgehead atoms. The summed E-state index contributed by atoms with van der Waals surface area (Å²) in [5, 5.41) is 4.39. The molecule has 0 aromatic carbocycles. The second-order valence-electron chi connectivity index (χ2n) is 6.76. The Balaban J connectivity index is 1.63. The lowest BCUT2D eigenvalue weighted by Gasteiger charge is -2.32. The first-order valence-corrected chi connectivity index (χ1v) is 8.13. The molecule has 4 nitrogen and oxygen atoms in total. The van der Waals surface area contributed by atoms with E-state index in [4.69, 9.17) is 5.73 Å². The number of likely N-dealkylation sites (N-methyl/N-ethyl adjacent to an activating group) is 1. The fraction of sp³-hybridized carbons (Fsp3) is 0.812. The average molecular weight is 276 g/mol. The predicted molar refractivity (Wildman–Crippen MR) is 81.3 cm³/mol. The third kappa shape index (κ3) is 2.63. The van der Waals surface area contributed by atoms with Gasteiger partial charge in [0.2, 0.25) is 0 Å². The molecule has 4 heteroatoms. The number of nitrogens with zero attached hydrogens (tertiary/aromatic N) is 3. The Morgan fingerprint density at radius 2 is 2.30 bits per heavy atom. The fourth-order valence-corrected chi connectivity index (χ4v) is 4.39. The Labute approximate surface area is 122 Å². The van der Waals surface area contributed by atoms with Crippen LogP contribution in [0.4, 0.5) is 0 Å². The Morgan fingerprint density at radius 3 is 2.85 bits per heavy atom. The van der Waals surface area contributed by atoms with Crippen molar-refractivity contribution in [3.63, 3.8) is 0 Å². The van der Waals surface area contributed by atoms with Crippen LogP contribution in [-0.2, 0) is 6.54 Å². The van der Waals surface area contributed by atoms with Gasteiger partial charge in [-0.2, -0.15) is 5.10 Å². The summed E-state index contributed by atoms with van der Waals surface area (Å²) in [6.07, 6.45) is 10.0. The molecule has 0 radical (unpaired) electrons. The molecular weight excluding hydrogens is 248 g/mol. The van der Waals surface area contributed by atoms with E-state index in [1.807, 2.05) is 10.9 Å². The summed E-state index contributed by atoms with van der Waals surface area (Å²) in [6.45, 7) is 4.91. The molecule has 0 amide bonds. The van der Waals surface area contributed by atoms with E-state index >= 15 is 0 Å². The Hall–Kier alpha value is -0.870. The molecule has 2 aliphatic carbocycles. The zero-order valence-electron chi connectivity index (χ0n) is 12.8. The first-order chi connectivity index (χ1) is 9.71. The molecule has 0 spiro atoms. The van der Waals surface area contributed by atoms with E-state index in [9.17, 15) is 0 Å². The summed E-state index contributed by atoms with van der Waals surface area (Å²) < 4.78 is 1.99. The molecule has 20 heavy (non-hydrogen) atoms. The highest BCUT2D eigenvalue weighted by Crippen LogP contribution is 2.48. The fourth-order valence-electron chi connectivity index (χ4n) is 4.39. The lowest BCUT2D eigenvalue weighted by atomic mass is 9.88. The van der Waals surface area contributed by atoms with Crippen LogP contribution >= 0.6 is 0 Å². The molecule has 2 saturated carbocycles. The SMILES string of the molecule is CCn1cc(C(CN)N(C)CC2CC3CCC2C3)cn1. The van der Waals surface area contributed by atoms with Gasteiger partial charge in [0.1, 0.15) is 0 Å². The van der Waals surface area contributed by atoms with Crippen LogP contribution in [0.15, 0.2) is 12.4 Å². The molecule has 4 unspecified atom stereocenters. The van der Waals surface area contributed by atoms with Crippen molar-refractivity contribution in [2.75, 3.05) is 20.1 Å². The summed E-state index contributed by atoms with van der Waals surface area (Å²) in [4.78, 5) is 2.46. The van der Waals surface area contributed by atoms with Gasteiger partial charge >= 0.3 is 0 Å². The van der Waals surface area contributed by atoms with E-state index in [1.165, 1.54) is 37.8 Å². The van der Waals surface area contributed by atoms with Crippen LogP contribution in [0.2, 0.25) is 0 Å². The molecule has 0 saturated heterocycles. The first kappa shape index (κ1) is 14.1. The number of fused-ring (bicyclic) bond motifs is 2. The van der Waals surface area contributed by atoms with Gasteiger partial charge in [-0.05, 0) is 51.0 Å². The van der Waals surface area contributed by atoms with Gasteiger partial charge < -0.3 is 5.73 Å². The van der Waals surface area contributed by atoms with Gasteiger partial charge in [0.15, 0.2) is 0 Å². The van der Waals surface area contributed by atoms with Crippen molar-refractivity contribution in [3.05, 3.63) is 18.0 Å². The zero-order chi connectivity index (χ0) is 14.1. The highest BCUT2D eigenvalue weighted by molar-refractivity contribution is 5.11. The van der Waals surface area contributed by atoms with Crippen LogP contribution in [-0.4, -0.2) is 34.8 Å². The number of rotatable bonds is 6. The van der Waals surface area contributed by atoms with Gasteiger partial charge in [-0.15, -0.1) is 0 Å². The van der Waals surface area contributed by atoms with Crippen LogP contribution in [0, 0.1) is 17.8 Å². The Kier molecular flexibility index (Phi) is 4.13. The van der Waals surface area contributed by atoms with Crippen molar-refractivity contribution >= 4 is 0 Å². The van der Waals surface area contributed by atoms with Crippen molar-refractivity contribution in [2.45, 2.75) is 45.2 Å². The normalized spacial score (nSPS) is 30.3. The smallest absolute Gasteiger partial charge is 0.0538 e. The summed E-state index contributed by atoms with van der Waals surface area (Å²) in [6, 6.07) is 0.314. The summed E-state index contributed by atoms with van der Waals surface area (Å²) >= 11 is 0. The summed E-state index contributed by atoms with van der Waals surface area (Å²) in [7, 11) is 2.23. The molecule has 2 aliphatic rings. The van der Waals surface area contributed by atoms with E-state index in [2.05, 4.69) is 30.2 Å². The molecular formula is C16H28N4. The van der Waals surface area contributed by atoms with Crippen molar-refractivity contribution in [3.8, 4) is 0 Å². The minimum atomic E-state index is 0.314. The quantitative estimate of drug-likeness (QED) is 0.867. The largest absolute Gasteiger partial charge is 0.329 e. The van der Waals surface area contributed by atoms with Crippen molar-refractivity contribution in [2.24, 2.45) is 23.5 Å². The minimum Gasteiger partial charge on any atom is -0.329 e. The van der Waals surface area contributed by atoms with Gasteiger partial charge in [0.05, 0.1) is 6.20 Å². The molecule has 112 valence electrons. The monoisotopic (exact) mass is 276 g/mol. The highest BCUT2D eigenvalue weighted by Gasteiger charge is 2.40. The van der Waals surface area contributed by atoms with Crippen LogP contribution in [0.1, 0.15) is 44.2 Å². The Morgan fingerprint density at radius 1 is 1.45 bits per heavy atom. The van der Waals surface area contributed by atoms with Crippen LogP contribution < -0.4 is 5.73 Å². The molecule has 0 aliphatic heterocycles. The minimum absolute atomic E-state index is 0.314. The highest BCUT2D eigenvalue weighted by atomic mass is 15.3. The molecule has 2 fully saturated rings. The van der Waals surface area contributed by atoms with Gasteiger partial charge in [-0.25, -0.2) is 0 Å². The van der Waals surface area contributed by atoms with E-state index in [1.54, 1.807) is 0 Å². The number of aryl methyl sites for hydroxylation is 1. The predicted octanol–water partition coefficient (Wildman–Crippen LogP) is 2.27. The number of hydrogen-bond donors (Lipinski definition) is 1. The maximum atomic E-state index is 6.03. The van der Waals surface area contributed by atoms with E-state index in [0.717, 1.165) is 24.3 Å². The third-order valence-corrected chi connectivity index (χ3v) is 5.52. The standard InChI is InChI=1S/C16H28N4/c1-3-20-11-15(9-18-20)16(8-17)19(2)10-14-7-12-4-5-13(14)6-12/h9,11-14,16H,3-8,10,17H2,1-2H3. The average Bonchev–Trinajstić information content (AvgIpc) is 3.14. The molecule has 1 aromatic heterocycles. The first-order valence-electron chi connectivity index (χ1n) is 8.13. The van der Waals surface area contributed by atoms with E-state index in [0.29, 0.717) is 12.6 Å². The lowest BCUT2D eigenvalue weighted by Crippen LogP contribution is -2.35. The van der Waals surface area contributed by atoms with E-state index < -0.39 is 0 Å². The molecule has 1 aromatic rings. The van der Waals surface area contributed by atoms with Crippen LogP contribution in [0.5, 0.6) is 0 Å². The molecule has 4 atom stereocenters. The van der Waals surface area contributed by atoms with Crippen molar-refractivity contribution in [1.29, 1.82) is 0 Å². The van der Waals surface area contributed by atoms with Crippen molar-refractivity contribution in [1.82, 2.24) is 14.7 Å². The second-order valence-corrected chi connectivity index (χ2v) is 6.76.